The highest BCUT2D eigenvalue weighted by molar-refractivity contribution is 6.33. The summed E-state index contributed by atoms with van der Waals surface area (Å²) in [6, 6.07) is 4.23. The van der Waals surface area contributed by atoms with Crippen LogP contribution in [0.4, 0.5) is 4.39 Å². The zero-order chi connectivity index (χ0) is 26.1. The topological polar surface area (TPSA) is 66.7 Å². The van der Waals surface area contributed by atoms with Gasteiger partial charge in [-0.15, -0.1) is 0 Å². The molecule has 2 aromatic rings. The summed E-state index contributed by atoms with van der Waals surface area (Å²) in [7, 11) is 0. The summed E-state index contributed by atoms with van der Waals surface area (Å²) in [5.41, 5.74) is 0.378. The molecule has 0 radical (unpaired) electrons. The van der Waals surface area contributed by atoms with Crippen molar-refractivity contribution in [3.05, 3.63) is 40.4 Å². The van der Waals surface area contributed by atoms with E-state index in [4.69, 9.17) is 16.1 Å². The molecule has 1 aliphatic rings. The summed E-state index contributed by atoms with van der Waals surface area (Å²) in [6.07, 6.45) is 11.5. The number of hydrogen-bond donors (Lipinski definition) is 0. The fourth-order valence-corrected chi connectivity index (χ4v) is 5.17. The van der Waals surface area contributed by atoms with Crippen LogP contribution in [-0.2, 0) is 4.79 Å². The summed E-state index contributed by atoms with van der Waals surface area (Å²) < 4.78 is 19.8. The number of aromatic nitrogens is 1. The van der Waals surface area contributed by atoms with Gasteiger partial charge in [0.25, 0.3) is 5.91 Å². The second-order valence-electron chi connectivity index (χ2n) is 9.82. The van der Waals surface area contributed by atoms with Crippen LogP contribution in [0.1, 0.15) is 94.2 Å². The molecule has 1 aromatic carbocycles. The number of aryl methyl sites for hydroxylation is 1. The van der Waals surface area contributed by atoms with Gasteiger partial charge < -0.3 is 14.3 Å². The molecule has 0 aliphatic carbocycles. The van der Waals surface area contributed by atoms with Crippen LogP contribution in [0.15, 0.2) is 22.7 Å². The highest BCUT2D eigenvalue weighted by atomic mass is 35.5. The Hall–Kier alpha value is -2.41. The van der Waals surface area contributed by atoms with Crippen molar-refractivity contribution in [1.29, 1.82) is 0 Å². The van der Waals surface area contributed by atoms with E-state index in [0.717, 1.165) is 12.8 Å². The molecule has 0 saturated carbocycles. The van der Waals surface area contributed by atoms with E-state index < -0.39 is 5.82 Å². The third-order valence-electron chi connectivity index (χ3n) is 7.01. The Labute approximate surface area is 219 Å². The van der Waals surface area contributed by atoms with E-state index >= 15 is 0 Å². The summed E-state index contributed by atoms with van der Waals surface area (Å²) >= 11 is 6.22. The monoisotopic (exact) mass is 519 g/mol. The SMILES string of the molecule is CCCCCCCCCCCC(=O)N1CCN(C(=O)c2c(-c3c(F)cccc3Cl)noc2C)CC1C. The zero-order valence-corrected chi connectivity index (χ0v) is 22.6. The standard InChI is InChI=1S/C28H39ClFN3O3/c1-4-5-6-7-8-9-10-11-12-16-24(34)33-18-17-32(19-20(33)2)28(35)25-21(3)36-31-27(25)26-22(29)14-13-15-23(26)30/h13-15,20H,4-12,16-19H2,1-3H3. The number of benzene rings is 1. The average Bonchev–Trinajstić information content (AvgIpc) is 3.23. The molecule has 2 heterocycles. The van der Waals surface area contributed by atoms with Crippen LogP contribution >= 0.6 is 11.6 Å². The van der Waals surface area contributed by atoms with Crippen LogP contribution in [-0.4, -0.2) is 52.4 Å². The molecule has 0 N–H and O–H groups in total. The number of carbonyl (C=O) groups is 2. The summed E-state index contributed by atoms with van der Waals surface area (Å²) in [5, 5.41) is 4.11. The third kappa shape index (κ3) is 7.09. The normalized spacial score (nSPS) is 16.0. The summed E-state index contributed by atoms with van der Waals surface area (Å²) in [4.78, 5) is 29.8. The molecule has 8 heteroatoms. The molecule has 0 bridgehead atoms. The second kappa shape index (κ2) is 13.8. The Kier molecular flexibility index (Phi) is 10.8. The lowest BCUT2D eigenvalue weighted by Crippen LogP contribution is -2.55. The fraction of sp³-hybridized carbons (Fsp3) is 0.607. The highest BCUT2D eigenvalue weighted by Gasteiger charge is 2.34. The molecule has 198 valence electrons. The molecule has 1 atom stereocenters. The van der Waals surface area contributed by atoms with E-state index in [1.165, 1.54) is 57.1 Å². The van der Waals surface area contributed by atoms with Crippen LogP contribution in [0.5, 0.6) is 0 Å². The highest BCUT2D eigenvalue weighted by Crippen LogP contribution is 2.34. The van der Waals surface area contributed by atoms with Gasteiger partial charge in [0.15, 0.2) is 0 Å². The molecule has 1 unspecified atom stereocenters. The molecule has 1 aliphatic heterocycles. The largest absolute Gasteiger partial charge is 0.360 e. The van der Waals surface area contributed by atoms with Crippen molar-refractivity contribution in [2.75, 3.05) is 19.6 Å². The second-order valence-corrected chi connectivity index (χ2v) is 10.2. The molecule has 3 rings (SSSR count). The van der Waals surface area contributed by atoms with Gasteiger partial charge >= 0.3 is 0 Å². The van der Waals surface area contributed by atoms with Gasteiger partial charge in [0, 0.05) is 32.1 Å². The van der Waals surface area contributed by atoms with Crippen LogP contribution < -0.4 is 0 Å². The number of carbonyl (C=O) groups excluding carboxylic acids is 2. The van der Waals surface area contributed by atoms with Gasteiger partial charge in [-0.25, -0.2) is 4.39 Å². The van der Waals surface area contributed by atoms with Gasteiger partial charge in [-0.05, 0) is 32.4 Å². The molecule has 1 fully saturated rings. The van der Waals surface area contributed by atoms with E-state index in [2.05, 4.69) is 12.1 Å². The molecular formula is C28H39ClFN3O3. The van der Waals surface area contributed by atoms with Crippen molar-refractivity contribution in [2.24, 2.45) is 0 Å². The molecule has 36 heavy (non-hydrogen) atoms. The number of hydrogen-bond acceptors (Lipinski definition) is 4. The van der Waals surface area contributed by atoms with Crippen LogP contribution in [0.3, 0.4) is 0 Å². The number of nitrogens with zero attached hydrogens (tertiary/aromatic N) is 3. The number of rotatable bonds is 12. The van der Waals surface area contributed by atoms with Gasteiger partial charge in [0.1, 0.15) is 22.8 Å². The molecular weight excluding hydrogens is 481 g/mol. The predicted octanol–water partition coefficient (Wildman–Crippen LogP) is 7.04. The Morgan fingerprint density at radius 2 is 1.75 bits per heavy atom. The number of unbranched alkanes of at least 4 members (excludes halogenated alkanes) is 8. The van der Waals surface area contributed by atoms with E-state index in [9.17, 15) is 14.0 Å². The first-order chi connectivity index (χ1) is 17.3. The minimum Gasteiger partial charge on any atom is -0.360 e. The van der Waals surface area contributed by atoms with E-state index in [1.807, 2.05) is 11.8 Å². The first-order valence-corrected chi connectivity index (χ1v) is 13.7. The van der Waals surface area contributed by atoms with Gasteiger partial charge in [-0.2, -0.15) is 0 Å². The van der Waals surface area contributed by atoms with Crippen LogP contribution in [0.25, 0.3) is 11.3 Å². The maximum atomic E-state index is 14.5. The Morgan fingerprint density at radius 3 is 2.39 bits per heavy atom. The minimum absolute atomic E-state index is 0.0576. The van der Waals surface area contributed by atoms with Crippen molar-refractivity contribution in [3.8, 4) is 11.3 Å². The summed E-state index contributed by atoms with van der Waals surface area (Å²) in [6.45, 7) is 7.10. The lowest BCUT2D eigenvalue weighted by Gasteiger charge is -2.40. The van der Waals surface area contributed by atoms with Crippen molar-refractivity contribution < 1.29 is 18.5 Å². The van der Waals surface area contributed by atoms with E-state index in [1.54, 1.807) is 17.9 Å². The summed E-state index contributed by atoms with van der Waals surface area (Å²) in [5.74, 6) is -0.394. The fourth-order valence-electron chi connectivity index (χ4n) is 4.92. The number of halogens is 2. The van der Waals surface area contributed by atoms with Crippen molar-refractivity contribution in [2.45, 2.75) is 91.0 Å². The first kappa shape index (κ1) is 28.2. The Balaban J connectivity index is 1.51. The molecule has 1 saturated heterocycles. The number of piperazine rings is 1. The van der Waals surface area contributed by atoms with Gasteiger partial charge in [-0.3, -0.25) is 9.59 Å². The molecule has 0 spiro atoms. The smallest absolute Gasteiger partial charge is 0.259 e. The Bertz CT molecular complexity index is 1010. The lowest BCUT2D eigenvalue weighted by molar-refractivity contribution is -0.135. The predicted molar refractivity (Wildman–Crippen MR) is 141 cm³/mol. The average molecular weight is 520 g/mol. The van der Waals surface area contributed by atoms with E-state index in [-0.39, 0.29) is 39.7 Å². The molecule has 6 nitrogen and oxygen atoms in total. The maximum Gasteiger partial charge on any atom is 0.259 e. The van der Waals surface area contributed by atoms with Gasteiger partial charge in [-0.1, -0.05) is 81.1 Å². The molecule has 1 aromatic heterocycles. The van der Waals surface area contributed by atoms with Crippen LogP contribution in [0, 0.1) is 12.7 Å². The Morgan fingerprint density at radius 1 is 1.08 bits per heavy atom. The minimum atomic E-state index is -0.565. The number of amides is 2. The van der Waals surface area contributed by atoms with Gasteiger partial charge in [0.05, 0.1) is 10.6 Å². The molecule has 2 amide bonds. The first-order valence-electron chi connectivity index (χ1n) is 13.3. The third-order valence-corrected chi connectivity index (χ3v) is 7.32. The lowest BCUT2D eigenvalue weighted by atomic mass is 10.0. The van der Waals surface area contributed by atoms with Crippen molar-refractivity contribution in [3.63, 3.8) is 0 Å². The quantitative estimate of drug-likeness (QED) is 0.282. The van der Waals surface area contributed by atoms with Crippen molar-refractivity contribution in [1.82, 2.24) is 15.0 Å². The zero-order valence-electron chi connectivity index (χ0n) is 21.8. The maximum absolute atomic E-state index is 14.5. The van der Waals surface area contributed by atoms with Gasteiger partial charge in [0.2, 0.25) is 5.91 Å². The van der Waals surface area contributed by atoms with Crippen LogP contribution in [0.2, 0.25) is 5.02 Å². The van der Waals surface area contributed by atoms with Crippen molar-refractivity contribution >= 4 is 23.4 Å². The van der Waals surface area contributed by atoms with E-state index in [0.29, 0.717) is 31.8 Å².